The van der Waals surface area contributed by atoms with Gasteiger partial charge < -0.3 is 25.5 Å². The Morgan fingerprint density at radius 1 is 1.04 bits per heavy atom. The number of para-hydroxylation sites is 2. The molecule has 2 aromatic rings. The zero-order valence-corrected chi connectivity index (χ0v) is 16.5. The van der Waals surface area contributed by atoms with Gasteiger partial charge in [0.15, 0.2) is 5.96 Å². The summed E-state index contributed by atoms with van der Waals surface area (Å²) < 4.78 is 0. The average Bonchev–Trinajstić information content (AvgIpc) is 2.75. The number of guanidine groups is 1. The van der Waals surface area contributed by atoms with Gasteiger partial charge in [0.05, 0.1) is 5.69 Å². The second-order valence-electron chi connectivity index (χ2n) is 6.79. The van der Waals surface area contributed by atoms with Gasteiger partial charge in [0.2, 0.25) is 0 Å². The van der Waals surface area contributed by atoms with Crippen molar-refractivity contribution in [3.63, 3.8) is 0 Å². The molecule has 1 fully saturated rings. The predicted octanol–water partition coefficient (Wildman–Crippen LogP) is 2.38. The molecule has 28 heavy (non-hydrogen) atoms. The topological polar surface area (TPSA) is 76.0 Å². The van der Waals surface area contributed by atoms with Crippen LogP contribution in [0.15, 0.2) is 53.7 Å². The fourth-order valence-electron chi connectivity index (χ4n) is 3.36. The second kappa shape index (κ2) is 10.4. The molecule has 0 amide bonds. The van der Waals surface area contributed by atoms with E-state index in [0.717, 1.165) is 69.6 Å². The first-order valence-electron chi connectivity index (χ1n) is 9.91. The lowest BCUT2D eigenvalue weighted by molar-refractivity contribution is 0.369. The van der Waals surface area contributed by atoms with Crippen molar-refractivity contribution in [3.05, 3.63) is 48.7 Å². The van der Waals surface area contributed by atoms with Gasteiger partial charge in [-0.25, -0.2) is 4.98 Å². The van der Waals surface area contributed by atoms with Gasteiger partial charge in [0.25, 0.3) is 0 Å². The molecule has 3 N–H and O–H groups in total. The Hall–Kier alpha value is -2.96. The maximum Gasteiger partial charge on any atom is 0.193 e. The van der Waals surface area contributed by atoms with Crippen LogP contribution in [-0.2, 0) is 0 Å². The number of benzene rings is 1. The number of unbranched alkanes of at least 4 members (excludes halogenated alkanes) is 1. The van der Waals surface area contributed by atoms with Crippen LogP contribution in [0.4, 0.5) is 11.5 Å². The Labute approximate surface area is 167 Å². The van der Waals surface area contributed by atoms with Crippen LogP contribution in [0.2, 0.25) is 0 Å². The van der Waals surface area contributed by atoms with Crippen LogP contribution in [0.25, 0.3) is 0 Å². The summed E-state index contributed by atoms with van der Waals surface area (Å²) in [4.78, 5) is 13.2. The maximum absolute atomic E-state index is 10.0. The largest absolute Gasteiger partial charge is 0.506 e. The van der Waals surface area contributed by atoms with Crippen LogP contribution in [0.1, 0.15) is 12.8 Å². The molecule has 0 unspecified atom stereocenters. The van der Waals surface area contributed by atoms with Crippen molar-refractivity contribution in [1.29, 1.82) is 0 Å². The Bertz CT molecular complexity index is 744. The van der Waals surface area contributed by atoms with E-state index in [-0.39, 0.29) is 0 Å². The minimum absolute atomic E-state index is 0.345. The lowest BCUT2D eigenvalue weighted by atomic mass is 10.2. The molecule has 0 aliphatic carbocycles. The summed E-state index contributed by atoms with van der Waals surface area (Å²) in [6.45, 7) is 5.32. The predicted molar refractivity (Wildman–Crippen MR) is 115 cm³/mol. The Morgan fingerprint density at radius 2 is 1.79 bits per heavy atom. The monoisotopic (exact) mass is 382 g/mol. The number of nitrogens with one attached hydrogen (secondary N) is 2. The number of nitrogens with zero attached hydrogens (tertiary/aromatic N) is 4. The molecule has 0 atom stereocenters. The van der Waals surface area contributed by atoms with Crippen molar-refractivity contribution >= 4 is 17.5 Å². The number of aliphatic imine (C=N–C) groups is 1. The quantitative estimate of drug-likeness (QED) is 0.388. The number of aromatic hydroxyl groups is 1. The fourth-order valence-corrected chi connectivity index (χ4v) is 3.36. The van der Waals surface area contributed by atoms with Crippen LogP contribution < -0.4 is 15.5 Å². The maximum atomic E-state index is 10.0. The number of piperazine rings is 1. The molecule has 1 aromatic heterocycles. The second-order valence-corrected chi connectivity index (χ2v) is 6.79. The van der Waals surface area contributed by atoms with Crippen LogP contribution in [-0.4, -0.2) is 67.3 Å². The molecule has 150 valence electrons. The summed E-state index contributed by atoms with van der Waals surface area (Å²) in [5, 5.41) is 16.8. The zero-order chi connectivity index (χ0) is 19.6. The smallest absolute Gasteiger partial charge is 0.193 e. The summed E-state index contributed by atoms with van der Waals surface area (Å²) in [6.07, 6.45) is 3.94. The van der Waals surface area contributed by atoms with Gasteiger partial charge in [-0.15, -0.1) is 0 Å². The molecule has 7 nitrogen and oxygen atoms in total. The summed E-state index contributed by atoms with van der Waals surface area (Å²) in [6, 6.07) is 13.4. The molecular formula is C21H30N6O. The van der Waals surface area contributed by atoms with Gasteiger partial charge in [-0.3, -0.25) is 4.99 Å². The summed E-state index contributed by atoms with van der Waals surface area (Å²) in [5.74, 6) is 2.22. The number of hydrogen-bond donors (Lipinski definition) is 3. The van der Waals surface area contributed by atoms with Crippen LogP contribution in [0, 0.1) is 0 Å². The number of hydrogen-bond acceptors (Lipinski definition) is 5. The standard InChI is InChI=1S/C21H30N6O/c1-22-21(25-13-7-6-12-24-20-10-4-5-11-23-20)27-16-14-26(15-17-27)18-8-2-3-9-19(18)28/h2-5,8-11,28H,6-7,12-17H2,1H3,(H,22,25)(H,23,24). The highest BCUT2D eigenvalue weighted by molar-refractivity contribution is 5.80. The number of rotatable bonds is 7. The van der Waals surface area contributed by atoms with Gasteiger partial charge in [-0.05, 0) is 37.1 Å². The Morgan fingerprint density at radius 3 is 2.50 bits per heavy atom. The van der Waals surface area contributed by atoms with E-state index in [1.165, 1.54) is 0 Å². The highest BCUT2D eigenvalue weighted by Gasteiger charge is 2.21. The van der Waals surface area contributed by atoms with E-state index in [1.807, 2.05) is 43.4 Å². The molecule has 1 saturated heterocycles. The number of phenols is 1. The first-order valence-corrected chi connectivity index (χ1v) is 9.91. The third-order valence-electron chi connectivity index (χ3n) is 4.87. The first-order chi connectivity index (χ1) is 13.8. The molecule has 1 aliphatic rings. The highest BCUT2D eigenvalue weighted by Crippen LogP contribution is 2.27. The Balaban J connectivity index is 1.35. The molecule has 3 rings (SSSR count). The SMILES string of the molecule is CN=C(NCCCCNc1ccccn1)N1CCN(c2ccccc2O)CC1. The van der Waals surface area contributed by atoms with Crippen molar-refractivity contribution in [1.82, 2.24) is 15.2 Å². The van der Waals surface area contributed by atoms with Gasteiger partial charge >= 0.3 is 0 Å². The summed E-state index contributed by atoms with van der Waals surface area (Å²) in [7, 11) is 1.83. The van der Waals surface area contributed by atoms with Crippen molar-refractivity contribution in [3.8, 4) is 5.75 Å². The van der Waals surface area contributed by atoms with Crippen molar-refractivity contribution in [2.45, 2.75) is 12.8 Å². The van der Waals surface area contributed by atoms with Gasteiger partial charge in [-0.2, -0.15) is 0 Å². The van der Waals surface area contributed by atoms with Crippen LogP contribution in [0.3, 0.4) is 0 Å². The molecule has 0 spiro atoms. The molecule has 1 aromatic carbocycles. The molecule has 0 saturated carbocycles. The van der Waals surface area contributed by atoms with E-state index in [0.29, 0.717) is 5.75 Å². The number of aromatic nitrogens is 1. The van der Waals surface area contributed by atoms with E-state index in [9.17, 15) is 5.11 Å². The minimum Gasteiger partial charge on any atom is -0.506 e. The number of phenolic OH excluding ortho intramolecular Hbond substituents is 1. The third-order valence-corrected chi connectivity index (χ3v) is 4.87. The fraction of sp³-hybridized carbons (Fsp3) is 0.429. The molecule has 7 heteroatoms. The van der Waals surface area contributed by atoms with E-state index in [2.05, 4.69) is 30.4 Å². The Kier molecular flexibility index (Phi) is 7.35. The van der Waals surface area contributed by atoms with Crippen LogP contribution in [0.5, 0.6) is 5.75 Å². The lowest BCUT2D eigenvalue weighted by Gasteiger charge is -2.37. The third kappa shape index (κ3) is 5.52. The van der Waals surface area contributed by atoms with Crippen LogP contribution >= 0.6 is 0 Å². The van der Waals surface area contributed by atoms with Crippen molar-refractivity contribution in [2.75, 3.05) is 56.5 Å². The van der Waals surface area contributed by atoms with Crippen molar-refractivity contribution < 1.29 is 5.11 Å². The molecule has 0 bridgehead atoms. The van der Waals surface area contributed by atoms with E-state index >= 15 is 0 Å². The first kappa shape index (κ1) is 19.8. The summed E-state index contributed by atoms with van der Waals surface area (Å²) >= 11 is 0. The highest BCUT2D eigenvalue weighted by atomic mass is 16.3. The molecule has 1 aliphatic heterocycles. The lowest BCUT2D eigenvalue weighted by Crippen LogP contribution is -2.52. The molecule has 0 radical (unpaired) electrons. The van der Waals surface area contributed by atoms with Gasteiger partial charge in [-0.1, -0.05) is 18.2 Å². The van der Waals surface area contributed by atoms with E-state index < -0.39 is 0 Å². The van der Waals surface area contributed by atoms with E-state index in [4.69, 9.17) is 0 Å². The van der Waals surface area contributed by atoms with Crippen molar-refractivity contribution in [2.24, 2.45) is 4.99 Å². The van der Waals surface area contributed by atoms with E-state index in [1.54, 1.807) is 12.3 Å². The number of pyridine rings is 1. The number of anilines is 2. The minimum atomic E-state index is 0.345. The molecular weight excluding hydrogens is 352 g/mol. The normalized spacial score (nSPS) is 14.8. The van der Waals surface area contributed by atoms with Gasteiger partial charge in [0, 0.05) is 52.5 Å². The van der Waals surface area contributed by atoms with Gasteiger partial charge in [0.1, 0.15) is 11.6 Å². The molecule has 2 heterocycles. The summed E-state index contributed by atoms with van der Waals surface area (Å²) in [5.41, 5.74) is 0.908. The zero-order valence-electron chi connectivity index (χ0n) is 16.5. The average molecular weight is 383 g/mol.